The molecule has 3 rings (SSSR count). The molecule has 106 valence electrons. The molecule has 0 atom stereocenters. The van der Waals surface area contributed by atoms with Crippen molar-refractivity contribution in [3.05, 3.63) is 48.3 Å². The van der Waals surface area contributed by atoms with Crippen LogP contribution < -0.4 is 5.32 Å². The highest BCUT2D eigenvalue weighted by Crippen LogP contribution is 2.35. The van der Waals surface area contributed by atoms with Gasteiger partial charge < -0.3 is 15.3 Å². The summed E-state index contributed by atoms with van der Waals surface area (Å²) in [6.45, 7) is 0. The van der Waals surface area contributed by atoms with Crippen LogP contribution in [0, 0.1) is 0 Å². The summed E-state index contributed by atoms with van der Waals surface area (Å²) in [4.78, 5) is 16.2. The van der Waals surface area contributed by atoms with Crippen molar-refractivity contribution in [2.45, 2.75) is 0 Å². The summed E-state index contributed by atoms with van der Waals surface area (Å²) < 4.78 is 1.68. The minimum absolute atomic E-state index is 0.00418. The molecule has 0 aliphatic carbocycles. The first-order chi connectivity index (χ1) is 10.1. The number of amides is 1. The zero-order chi connectivity index (χ0) is 15.0. The number of hydrogen-bond donors (Lipinski definition) is 4. The number of anilines is 1. The van der Waals surface area contributed by atoms with Gasteiger partial charge in [-0.3, -0.25) is 14.5 Å². The molecule has 0 bridgehead atoms. The van der Waals surface area contributed by atoms with E-state index in [1.807, 2.05) is 12.1 Å². The van der Waals surface area contributed by atoms with Crippen molar-refractivity contribution in [3.8, 4) is 17.2 Å². The van der Waals surface area contributed by atoms with E-state index < -0.39 is 23.2 Å². The van der Waals surface area contributed by atoms with Crippen molar-refractivity contribution < 1.29 is 20.1 Å². The number of carbonyl (C=O) groups excluding carboxylic acids is 1. The summed E-state index contributed by atoms with van der Waals surface area (Å²) in [7, 11) is 0. The Hall–Kier alpha value is -3.22. The molecule has 0 saturated carbocycles. The van der Waals surface area contributed by atoms with Crippen LogP contribution in [-0.4, -0.2) is 30.6 Å². The van der Waals surface area contributed by atoms with Crippen LogP contribution in [0.2, 0.25) is 0 Å². The van der Waals surface area contributed by atoms with Crippen molar-refractivity contribution >= 4 is 17.4 Å². The molecule has 0 saturated heterocycles. The number of phenols is 3. The van der Waals surface area contributed by atoms with Crippen LogP contribution in [0.15, 0.2) is 42.7 Å². The first-order valence-corrected chi connectivity index (χ1v) is 6.04. The number of nitrogens with one attached hydrogen (secondary N) is 1. The molecule has 1 amide bonds. The van der Waals surface area contributed by atoms with Crippen molar-refractivity contribution in [3.63, 3.8) is 0 Å². The maximum absolute atomic E-state index is 12.1. The maximum atomic E-state index is 12.1. The number of aromatic nitrogens is 2. The number of hydrogen-bond acceptors (Lipinski definition) is 5. The van der Waals surface area contributed by atoms with Gasteiger partial charge in [-0.15, -0.1) is 0 Å². The van der Waals surface area contributed by atoms with E-state index in [0.29, 0.717) is 5.95 Å². The van der Waals surface area contributed by atoms with Crippen LogP contribution in [0.4, 0.5) is 5.95 Å². The average Bonchev–Trinajstić information content (AvgIpc) is 2.87. The Morgan fingerprint density at radius 2 is 1.86 bits per heavy atom. The van der Waals surface area contributed by atoms with Gasteiger partial charge in [0.2, 0.25) is 5.95 Å². The minimum Gasteiger partial charge on any atom is -0.504 e. The highest BCUT2D eigenvalue weighted by molar-refractivity contribution is 6.04. The molecule has 7 nitrogen and oxygen atoms in total. The fourth-order valence-corrected chi connectivity index (χ4v) is 1.95. The topological polar surface area (TPSA) is 107 Å². The lowest BCUT2D eigenvalue weighted by molar-refractivity contribution is 0.102. The number of aromatic hydroxyl groups is 3. The van der Waals surface area contributed by atoms with Gasteiger partial charge in [-0.05, 0) is 24.3 Å². The summed E-state index contributed by atoms with van der Waals surface area (Å²) in [6, 6.07) is 7.59. The highest BCUT2D eigenvalue weighted by atomic mass is 16.3. The number of imidazole rings is 1. The van der Waals surface area contributed by atoms with Gasteiger partial charge in [0.05, 0.1) is 11.7 Å². The molecular formula is C14H11N3O4. The molecule has 21 heavy (non-hydrogen) atoms. The normalized spacial score (nSPS) is 10.7. The second-order valence-electron chi connectivity index (χ2n) is 4.39. The fraction of sp³-hybridized carbons (Fsp3) is 0. The van der Waals surface area contributed by atoms with Gasteiger partial charge in [-0.25, -0.2) is 4.98 Å². The van der Waals surface area contributed by atoms with E-state index in [9.17, 15) is 20.1 Å². The Labute approximate surface area is 118 Å². The number of phenolic OH excluding ortho intramolecular Hbond substituents is 3. The summed E-state index contributed by atoms with van der Waals surface area (Å²) in [5.41, 5.74) is 0.805. The largest absolute Gasteiger partial charge is 0.504 e. The van der Waals surface area contributed by atoms with E-state index in [4.69, 9.17) is 0 Å². The predicted molar refractivity (Wildman–Crippen MR) is 74.6 cm³/mol. The van der Waals surface area contributed by atoms with Crippen LogP contribution in [0.5, 0.6) is 17.2 Å². The van der Waals surface area contributed by atoms with Gasteiger partial charge in [0, 0.05) is 11.8 Å². The second-order valence-corrected chi connectivity index (χ2v) is 4.39. The number of pyridine rings is 1. The quantitative estimate of drug-likeness (QED) is 0.536. The maximum Gasteiger partial charge on any atom is 0.258 e. The fourth-order valence-electron chi connectivity index (χ4n) is 1.95. The smallest absolute Gasteiger partial charge is 0.258 e. The molecular weight excluding hydrogens is 274 g/mol. The highest BCUT2D eigenvalue weighted by Gasteiger charge is 2.15. The third-order valence-corrected chi connectivity index (χ3v) is 3.00. The van der Waals surface area contributed by atoms with Gasteiger partial charge in [-0.2, -0.15) is 0 Å². The number of fused-ring (bicyclic) bond motifs is 1. The Kier molecular flexibility index (Phi) is 2.87. The Bertz CT molecular complexity index is 818. The first kappa shape index (κ1) is 12.8. The van der Waals surface area contributed by atoms with E-state index in [1.54, 1.807) is 22.9 Å². The summed E-state index contributed by atoms with van der Waals surface area (Å²) >= 11 is 0. The first-order valence-electron chi connectivity index (χ1n) is 6.04. The molecule has 0 spiro atoms. The van der Waals surface area contributed by atoms with Crippen LogP contribution in [0.1, 0.15) is 10.4 Å². The summed E-state index contributed by atoms with van der Waals surface area (Å²) in [6.07, 6.45) is 3.34. The Morgan fingerprint density at radius 3 is 2.57 bits per heavy atom. The van der Waals surface area contributed by atoms with Gasteiger partial charge in [0.25, 0.3) is 5.91 Å². The third-order valence-electron chi connectivity index (χ3n) is 3.00. The molecule has 0 aliphatic heterocycles. The van der Waals surface area contributed by atoms with Crippen molar-refractivity contribution in [1.29, 1.82) is 0 Å². The lowest BCUT2D eigenvalue weighted by Gasteiger charge is -2.07. The van der Waals surface area contributed by atoms with E-state index in [1.165, 1.54) is 0 Å². The molecule has 0 unspecified atom stereocenters. The average molecular weight is 285 g/mol. The van der Waals surface area contributed by atoms with E-state index in [-0.39, 0.29) is 5.56 Å². The van der Waals surface area contributed by atoms with E-state index in [0.717, 1.165) is 17.6 Å². The molecule has 2 aromatic heterocycles. The van der Waals surface area contributed by atoms with Crippen LogP contribution in [0.25, 0.3) is 5.52 Å². The molecule has 7 heteroatoms. The summed E-state index contributed by atoms with van der Waals surface area (Å²) in [5, 5.41) is 30.7. The lowest BCUT2D eigenvalue weighted by atomic mass is 10.1. The van der Waals surface area contributed by atoms with Gasteiger partial charge >= 0.3 is 0 Å². The van der Waals surface area contributed by atoms with Crippen molar-refractivity contribution in [2.24, 2.45) is 0 Å². The van der Waals surface area contributed by atoms with Crippen molar-refractivity contribution in [2.75, 3.05) is 5.32 Å². The lowest BCUT2D eigenvalue weighted by Crippen LogP contribution is -2.14. The Morgan fingerprint density at radius 1 is 1.14 bits per heavy atom. The van der Waals surface area contributed by atoms with Gasteiger partial charge in [0.1, 0.15) is 0 Å². The molecule has 0 radical (unpaired) electrons. The predicted octanol–water partition coefficient (Wildman–Crippen LogP) is 1.70. The minimum atomic E-state index is -0.669. The SMILES string of the molecule is O=C(Nc1ncc2ccccn12)c1cc(O)c(O)c(O)c1. The number of nitrogens with zero attached hydrogens (tertiary/aromatic N) is 2. The van der Waals surface area contributed by atoms with E-state index >= 15 is 0 Å². The van der Waals surface area contributed by atoms with Gasteiger partial charge in [0.15, 0.2) is 17.2 Å². The molecule has 4 N–H and O–H groups in total. The molecule has 0 aliphatic rings. The van der Waals surface area contributed by atoms with Crippen molar-refractivity contribution in [1.82, 2.24) is 9.38 Å². The van der Waals surface area contributed by atoms with Crippen LogP contribution in [-0.2, 0) is 0 Å². The third kappa shape index (κ3) is 2.20. The molecule has 2 heterocycles. The van der Waals surface area contributed by atoms with Crippen LogP contribution in [0.3, 0.4) is 0 Å². The van der Waals surface area contributed by atoms with E-state index in [2.05, 4.69) is 10.3 Å². The Balaban J connectivity index is 1.93. The molecule has 3 aromatic rings. The molecule has 0 fully saturated rings. The monoisotopic (exact) mass is 285 g/mol. The standard InChI is InChI=1S/C14H11N3O4/c18-10-5-8(6-11(19)12(10)20)13(21)16-14-15-7-9-3-1-2-4-17(9)14/h1-7,18-20H,(H,15,16,21). The molecule has 1 aromatic carbocycles. The number of benzene rings is 1. The zero-order valence-corrected chi connectivity index (χ0v) is 10.7. The number of carbonyl (C=O) groups is 1. The summed E-state index contributed by atoms with van der Waals surface area (Å²) in [5.74, 6) is -2.08. The van der Waals surface area contributed by atoms with Crippen LogP contribution >= 0.6 is 0 Å². The number of rotatable bonds is 2. The zero-order valence-electron chi connectivity index (χ0n) is 10.7. The van der Waals surface area contributed by atoms with Gasteiger partial charge in [-0.1, -0.05) is 6.07 Å². The second kappa shape index (κ2) is 4.71.